The number of amides is 2. The molecular formula is C26H24F2N6O4. The summed E-state index contributed by atoms with van der Waals surface area (Å²) in [7, 11) is 3.69. The van der Waals surface area contributed by atoms with Crippen LogP contribution in [-0.2, 0) is 6.42 Å². The molecule has 3 aromatic carbocycles. The Morgan fingerprint density at radius 3 is 2.42 bits per heavy atom. The Morgan fingerprint density at radius 2 is 1.74 bits per heavy atom. The minimum atomic E-state index is -0.790. The zero-order chi connectivity index (χ0) is 27.4. The lowest BCUT2D eigenvalue weighted by molar-refractivity contribution is -0.385. The summed E-state index contributed by atoms with van der Waals surface area (Å²) >= 11 is 0. The van der Waals surface area contributed by atoms with Crippen molar-refractivity contribution in [2.45, 2.75) is 6.42 Å². The minimum absolute atomic E-state index is 0.0515. The second-order valence-electron chi connectivity index (χ2n) is 8.91. The van der Waals surface area contributed by atoms with Crippen molar-refractivity contribution in [3.05, 3.63) is 98.6 Å². The smallest absolute Gasteiger partial charge is 0.282 e. The zero-order valence-corrected chi connectivity index (χ0v) is 20.5. The molecule has 196 valence electrons. The largest absolute Gasteiger partial charge is 0.351 e. The van der Waals surface area contributed by atoms with E-state index in [2.05, 4.69) is 20.8 Å². The van der Waals surface area contributed by atoms with Crippen LogP contribution in [0.15, 0.2) is 54.6 Å². The number of benzene rings is 3. The normalized spacial score (nSPS) is 11.1. The molecule has 0 spiro atoms. The first-order chi connectivity index (χ1) is 18.1. The van der Waals surface area contributed by atoms with E-state index in [0.717, 1.165) is 12.1 Å². The quantitative estimate of drug-likeness (QED) is 0.226. The van der Waals surface area contributed by atoms with Crippen LogP contribution < -0.4 is 10.6 Å². The van der Waals surface area contributed by atoms with Crippen LogP contribution in [0.5, 0.6) is 0 Å². The average Bonchev–Trinajstić information content (AvgIpc) is 3.24. The molecule has 4 aromatic rings. The number of aromatic amines is 1. The van der Waals surface area contributed by atoms with Gasteiger partial charge >= 0.3 is 0 Å². The fourth-order valence-electron chi connectivity index (χ4n) is 3.90. The summed E-state index contributed by atoms with van der Waals surface area (Å²) in [6.07, 6.45) is 0.229. The molecule has 0 unspecified atom stereocenters. The van der Waals surface area contributed by atoms with Gasteiger partial charge in [0.05, 0.1) is 10.4 Å². The van der Waals surface area contributed by atoms with Gasteiger partial charge in [-0.15, -0.1) is 0 Å². The molecule has 0 radical (unpaired) electrons. The van der Waals surface area contributed by atoms with Crippen LogP contribution in [0.1, 0.15) is 31.8 Å². The Balaban J connectivity index is 1.56. The molecule has 2 amide bonds. The van der Waals surface area contributed by atoms with Gasteiger partial charge in [-0.3, -0.25) is 24.8 Å². The number of aromatic nitrogens is 2. The van der Waals surface area contributed by atoms with Crippen molar-refractivity contribution in [1.82, 2.24) is 20.4 Å². The van der Waals surface area contributed by atoms with E-state index in [1.807, 2.05) is 19.0 Å². The Morgan fingerprint density at radius 1 is 1.00 bits per heavy atom. The molecule has 4 rings (SSSR count). The Labute approximate surface area is 215 Å². The van der Waals surface area contributed by atoms with Crippen molar-refractivity contribution in [2.24, 2.45) is 0 Å². The average molecular weight is 523 g/mol. The molecule has 1 heterocycles. The van der Waals surface area contributed by atoms with Crippen LogP contribution in [0.2, 0.25) is 0 Å². The molecule has 0 aliphatic carbocycles. The maximum absolute atomic E-state index is 13.6. The SMILES string of the molecule is CN(C)CCNC(=O)c1ccc(C(=O)Nc2n[nH]c3ccc(Cc4cc(F)cc(F)c4)cc23)c([N+](=O)[O-])c1. The van der Waals surface area contributed by atoms with Crippen LogP contribution >= 0.6 is 0 Å². The highest BCUT2D eigenvalue weighted by molar-refractivity contribution is 6.10. The number of carbonyl (C=O) groups is 2. The van der Waals surface area contributed by atoms with Gasteiger partial charge in [-0.25, -0.2) is 8.78 Å². The van der Waals surface area contributed by atoms with Crippen molar-refractivity contribution in [1.29, 1.82) is 0 Å². The van der Waals surface area contributed by atoms with E-state index < -0.39 is 34.1 Å². The van der Waals surface area contributed by atoms with Crippen LogP contribution in [0.4, 0.5) is 20.3 Å². The number of nitro benzene ring substituents is 1. The van der Waals surface area contributed by atoms with Gasteiger partial charge in [0.25, 0.3) is 17.5 Å². The van der Waals surface area contributed by atoms with Crippen LogP contribution in [-0.4, -0.2) is 59.0 Å². The van der Waals surface area contributed by atoms with Crippen LogP contribution in [0, 0.1) is 21.7 Å². The summed E-state index contributed by atoms with van der Waals surface area (Å²) in [5.74, 6) is -2.53. The van der Waals surface area contributed by atoms with Gasteiger partial charge in [-0.1, -0.05) is 6.07 Å². The lowest BCUT2D eigenvalue weighted by Crippen LogP contribution is -2.31. The van der Waals surface area contributed by atoms with E-state index >= 15 is 0 Å². The molecule has 0 aliphatic rings. The second kappa shape index (κ2) is 11.1. The molecule has 12 heteroatoms. The number of rotatable bonds is 9. The van der Waals surface area contributed by atoms with Crippen molar-refractivity contribution in [3.63, 3.8) is 0 Å². The van der Waals surface area contributed by atoms with Crippen molar-refractivity contribution < 1.29 is 23.3 Å². The summed E-state index contributed by atoms with van der Waals surface area (Å²) in [5.41, 5.74) is 0.982. The summed E-state index contributed by atoms with van der Waals surface area (Å²) < 4.78 is 27.1. The highest BCUT2D eigenvalue weighted by Crippen LogP contribution is 2.26. The Bertz CT molecular complexity index is 1520. The zero-order valence-electron chi connectivity index (χ0n) is 20.5. The number of halogens is 2. The van der Waals surface area contributed by atoms with Gasteiger partial charge in [0.2, 0.25) is 0 Å². The second-order valence-corrected chi connectivity index (χ2v) is 8.91. The lowest BCUT2D eigenvalue weighted by atomic mass is 10.0. The predicted octanol–water partition coefficient (Wildman–Crippen LogP) is 3.88. The van der Waals surface area contributed by atoms with Gasteiger partial charge in [0.15, 0.2) is 5.82 Å². The summed E-state index contributed by atoms with van der Waals surface area (Å²) in [4.78, 5) is 38.2. The summed E-state index contributed by atoms with van der Waals surface area (Å²) in [6.45, 7) is 0.941. The standard InChI is InChI=1S/C26H24F2N6O4/c1-33(2)8-7-29-25(35)17-4-5-20(23(13-17)34(37)38)26(36)30-24-21-12-15(3-6-22(21)31-32-24)9-16-10-18(27)14-19(28)11-16/h3-6,10-14H,7-9H2,1-2H3,(H,29,35)(H2,30,31,32,36). The van der Waals surface area contributed by atoms with E-state index in [9.17, 15) is 28.5 Å². The van der Waals surface area contributed by atoms with Gasteiger partial charge in [0, 0.05) is 36.2 Å². The van der Waals surface area contributed by atoms with Gasteiger partial charge in [-0.05, 0) is 68.0 Å². The Hall–Kier alpha value is -4.71. The molecule has 0 bridgehead atoms. The first kappa shape index (κ1) is 26.4. The molecule has 0 saturated carbocycles. The highest BCUT2D eigenvalue weighted by Gasteiger charge is 2.24. The van der Waals surface area contributed by atoms with E-state index in [0.29, 0.717) is 35.1 Å². The van der Waals surface area contributed by atoms with Crippen LogP contribution in [0.3, 0.4) is 0 Å². The van der Waals surface area contributed by atoms with E-state index in [4.69, 9.17) is 0 Å². The third-order valence-corrected chi connectivity index (χ3v) is 5.74. The van der Waals surface area contributed by atoms with Crippen molar-refractivity contribution in [3.8, 4) is 0 Å². The monoisotopic (exact) mass is 522 g/mol. The molecule has 38 heavy (non-hydrogen) atoms. The first-order valence-electron chi connectivity index (χ1n) is 11.6. The predicted molar refractivity (Wildman–Crippen MR) is 137 cm³/mol. The van der Waals surface area contributed by atoms with Gasteiger partial charge in [0.1, 0.15) is 17.2 Å². The third-order valence-electron chi connectivity index (χ3n) is 5.74. The first-order valence-corrected chi connectivity index (χ1v) is 11.6. The topological polar surface area (TPSA) is 133 Å². The van der Waals surface area contributed by atoms with Crippen molar-refractivity contribution >= 4 is 34.2 Å². The Kier molecular flexibility index (Phi) is 7.72. The number of hydrogen-bond donors (Lipinski definition) is 3. The molecule has 0 fully saturated rings. The summed E-state index contributed by atoms with van der Waals surface area (Å²) in [6, 6.07) is 12.0. The van der Waals surface area contributed by atoms with Crippen molar-refractivity contribution in [2.75, 3.05) is 32.5 Å². The van der Waals surface area contributed by atoms with E-state index in [1.165, 1.54) is 24.3 Å². The minimum Gasteiger partial charge on any atom is -0.351 e. The number of carbonyl (C=O) groups excluding carboxylic acids is 2. The highest BCUT2D eigenvalue weighted by atomic mass is 19.1. The number of likely N-dealkylation sites (N-methyl/N-ethyl adjacent to an activating group) is 1. The maximum Gasteiger partial charge on any atom is 0.282 e. The third kappa shape index (κ3) is 6.16. The number of anilines is 1. The fraction of sp³-hybridized carbons (Fsp3) is 0.192. The maximum atomic E-state index is 13.6. The molecule has 0 atom stereocenters. The number of nitrogens with zero attached hydrogens (tertiary/aromatic N) is 3. The fourth-order valence-corrected chi connectivity index (χ4v) is 3.90. The molecule has 0 aliphatic heterocycles. The number of H-pyrrole nitrogens is 1. The number of nitro groups is 1. The van der Waals surface area contributed by atoms with E-state index in [1.54, 1.807) is 18.2 Å². The number of fused-ring (bicyclic) bond motifs is 1. The number of hydrogen-bond acceptors (Lipinski definition) is 6. The lowest BCUT2D eigenvalue weighted by Gasteiger charge is -2.11. The van der Waals surface area contributed by atoms with Gasteiger partial charge < -0.3 is 15.5 Å². The van der Waals surface area contributed by atoms with Gasteiger partial charge in [-0.2, -0.15) is 5.10 Å². The molecule has 0 saturated heterocycles. The molecule has 1 aromatic heterocycles. The van der Waals surface area contributed by atoms with E-state index in [-0.39, 0.29) is 23.4 Å². The molecular weight excluding hydrogens is 498 g/mol. The summed E-state index contributed by atoms with van der Waals surface area (Å²) in [5, 5.41) is 24.3. The van der Waals surface area contributed by atoms with Crippen LogP contribution in [0.25, 0.3) is 10.9 Å². The molecule has 10 nitrogen and oxygen atoms in total. The number of nitrogens with one attached hydrogen (secondary N) is 3. The molecule has 3 N–H and O–H groups in total.